The van der Waals surface area contributed by atoms with E-state index in [1.165, 1.54) is 0 Å². The van der Waals surface area contributed by atoms with Crippen molar-refractivity contribution >= 4 is 35.1 Å². The van der Waals surface area contributed by atoms with Crippen molar-refractivity contribution in [2.24, 2.45) is 0 Å². The van der Waals surface area contributed by atoms with Crippen LogP contribution in [0.4, 0.5) is 4.79 Å². The first-order valence-electron chi connectivity index (χ1n) is 7.65. The SMILES string of the molecule is CC1(c2ccc(Cl)cc2)NC(=O)N(CC(O)c2ccccc2Cl)C1=O. The summed E-state index contributed by atoms with van der Waals surface area (Å²) in [4.78, 5) is 26.2. The number of urea groups is 1. The van der Waals surface area contributed by atoms with Crippen molar-refractivity contribution < 1.29 is 14.7 Å². The molecule has 1 fully saturated rings. The fraction of sp³-hybridized carbons (Fsp3) is 0.222. The molecule has 0 aliphatic carbocycles. The summed E-state index contributed by atoms with van der Waals surface area (Å²) < 4.78 is 0. The van der Waals surface area contributed by atoms with E-state index in [0.717, 1.165) is 4.90 Å². The molecule has 130 valence electrons. The number of benzene rings is 2. The molecule has 1 aliphatic rings. The van der Waals surface area contributed by atoms with E-state index in [2.05, 4.69) is 5.32 Å². The number of halogens is 2. The van der Waals surface area contributed by atoms with Gasteiger partial charge in [0.05, 0.1) is 12.6 Å². The van der Waals surface area contributed by atoms with Crippen LogP contribution in [0.15, 0.2) is 48.5 Å². The quantitative estimate of drug-likeness (QED) is 0.799. The minimum Gasteiger partial charge on any atom is -0.386 e. The maximum Gasteiger partial charge on any atom is 0.325 e. The number of rotatable bonds is 4. The fourth-order valence-corrected chi connectivity index (χ4v) is 3.25. The fourth-order valence-electron chi connectivity index (χ4n) is 2.86. The van der Waals surface area contributed by atoms with E-state index in [0.29, 0.717) is 21.2 Å². The lowest BCUT2D eigenvalue weighted by atomic mass is 9.92. The van der Waals surface area contributed by atoms with Gasteiger partial charge in [-0.3, -0.25) is 9.69 Å². The van der Waals surface area contributed by atoms with Gasteiger partial charge in [0.1, 0.15) is 5.54 Å². The van der Waals surface area contributed by atoms with Crippen LogP contribution in [0.25, 0.3) is 0 Å². The van der Waals surface area contributed by atoms with Crippen LogP contribution in [0.2, 0.25) is 10.0 Å². The van der Waals surface area contributed by atoms with Gasteiger partial charge in [0, 0.05) is 15.6 Å². The lowest BCUT2D eigenvalue weighted by molar-refractivity contribution is -0.132. The van der Waals surface area contributed by atoms with Crippen molar-refractivity contribution in [2.75, 3.05) is 6.54 Å². The molecule has 3 amide bonds. The molecule has 2 aromatic carbocycles. The predicted molar refractivity (Wildman–Crippen MR) is 95.5 cm³/mol. The number of hydrogen-bond donors (Lipinski definition) is 2. The Kier molecular flexibility index (Phi) is 4.73. The van der Waals surface area contributed by atoms with Crippen molar-refractivity contribution in [3.8, 4) is 0 Å². The van der Waals surface area contributed by atoms with E-state index < -0.39 is 23.6 Å². The number of nitrogens with one attached hydrogen (secondary N) is 1. The van der Waals surface area contributed by atoms with E-state index in [1.807, 2.05) is 0 Å². The Bertz CT molecular complexity index is 825. The second-order valence-corrected chi connectivity index (χ2v) is 6.86. The van der Waals surface area contributed by atoms with Gasteiger partial charge in [-0.1, -0.05) is 53.5 Å². The van der Waals surface area contributed by atoms with Gasteiger partial charge >= 0.3 is 6.03 Å². The maximum absolute atomic E-state index is 12.8. The van der Waals surface area contributed by atoms with Crippen LogP contribution < -0.4 is 5.32 Å². The van der Waals surface area contributed by atoms with Gasteiger partial charge in [-0.25, -0.2) is 4.79 Å². The van der Waals surface area contributed by atoms with E-state index in [9.17, 15) is 14.7 Å². The zero-order chi connectivity index (χ0) is 18.2. The van der Waals surface area contributed by atoms with Gasteiger partial charge in [-0.15, -0.1) is 0 Å². The van der Waals surface area contributed by atoms with Crippen molar-refractivity contribution in [3.05, 3.63) is 69.7 Å². The maximum atomic E-state index is 12.8. The molecule has 1 heterocycles. The lowest BCUT2D eigenvalue weighted by Gasteiger charge is -2.23. The van der Waals surface area contributed by atoms with Crippen LogP contribution in [-0.4, -0.2) is 28.5 Å². The van der Waals surface area contributed by atoms with Gasteiger partial charge in [-0.05, 0) is 30.7 Å². The molecule has 2 atom stereocenters. The summed E-state index contributed by atoms with van der Waals surface area (Å²) in [5.74, 6) is -0.439. The number of hydrogen-bond acceptors (Lipinski definition) is 3. The number of amides is 3. The Morgan fingerprint density at radius 1 is 1.12 bits per heavy atom. The average Bonchev–Trinajstić information content (AvgIpc) is 2.80. The van der Waals surface area contributed by atoms with E-state index in [4.69, 9.17) is 23.2 Å². The van der Waals surface area contributed by atoms with Crippen LogP contribution in [0.3, 0.4) is 0 Å². The van der Waals surface area contributed by atoms with E-state index in [-0.39, 0.29) is 6.54 Å². The number of aliphatic hydroxyl groups excluding tert-OH is 1. The molecule has 2 N–H and O–H groups in total. The molecule has 0 bridgehead atoms. The average molecular weight is 379 g/mol. The zero-order valence-corrected chi connectivity index (χ0v) is 14.9. The molecule has 1 aliphatic heterocycles. The highest BCUT2D eigenvalue weighted by Gasteiger charge is 2.49. The number of carbonyl (C=O) groups excluding carboxylic acids is 2. The molecule has 3 rings (SSSR count). The molecule has 0 spiro atoms. The summed E-state index contributed by atoms with van der Waals surface area (Å²) in [7, 11) is 0. The molecule has 5 nitrogen and oxygen atoms in total. The highest BCUT2D eigenvalue weighted by atomic mass is 35.5. The summed E-state index contributed by atoms with van der Waals surface area (Å²) in [6.45, 7) is 1.44. The second-order valence-electron chi connectivity index (χ2n) is 6.02. The Labute approximate surface area is 155 Å². The first-order valence-corrected chi connectivity index (χ1v) is 8.41. The van der Waals surface area contributed by atoms with E-state index >= 15 is 0 Å². The molecule has 1 saturated heterocycles. The van der Waals surface area contributed by atoms with Crippen molar-refractivity contribution in [2.45, 2.75) is 18.6 Å². The second kappa shape index (κ2) is 6.67. The topological polar surface area (TPSA) is 69.6 Å². The molecule has 0 aromatic heterocycles. The number of aliphatic hydroxyl groups is 1. The Hall–Kier alpha value is -2.08. The smallest absolute Gasteiger partial charge is 0.325 e. The molecule has 0 radical (unpaired) electrons. The summed E-state index contributed by atoms with van der Waals surface area (Å²) in [5, 5.41) is 14.0. The highest BCUT2D eigenvalue weighted by Crippen LogP contribution is 2.31. The predicted octanol–water partition coefficient (Wildman–Crippen LogP) is 3.49. The third-order valence-corrected chi connectivity index (χ3v) is 4.91. The number of nitrogens with zero attached hydrogens (tertiary/aromatic N) is 1. The van der Waals surface area contributed by atoms with Gasteiger partial charge in [0.2, 0.25) is 0 Å². The summed E-state index contributed by atoms with van der Waals surface area (Å²) in [6, 6.07) is 12.9. The normalized spacial score (nSPS) is 21.4. The van der Waals surface area contributed by atoms with Crippen LogP contribution >= 0.6 is 23.2 Å². The molecule has 25 heavy (non-hydrogen) atoms. The molecule has 2 aromatic rings. The van der Waals surface area contributed by atoms with Crippen LogP contribution in [0, 0.1) is 0 Å². The van der Waals surface area contributed by atoms with Crippen LogP contribution in [-0.2, 0) is 10.3 Å². The highest BCUT2D eigenvalue weighted by molar-refractivity contribution is 6.31. The van der Waals surface area contributed by atoms with Gasteiger partial charge in [0.25, 0.3) is 5.91 Å². The Morgan fingerprint density at radius 3 is 2.40 bits per heavy atom. The van der Waals surface area contributed by atoms with Gasteiger partial charge < -0.3 is 10.4 Å². The van der Waals surface area contributed by atoms with Crippen molar-refractivity contribution in [1.29, 1.82) is 0 Å². The lowest BCUT2D eigenvalue weighted by Crippen LogP contribution is -2.41. The van der Waals surface area contributed by atoms with E-state index in [1.54, 1.807) is 55.5 Å². The van der Waals surface area contributed by atoms with Crippen LogP contribution in [0.1, 0.15) is 24.2 Å². The Morgan fingerprint density at radius 2 is 1.76 bits per heavy atom. The molecule has 2 unspecified atom stereocenters. The molecular formula is C18H16Cl2N2O3. The number of carbonyl (C=O) groups is 2. The minimum absolute atomic E-state index is 0.183. The number of β-amino-alcohol motifs (C(OH)–C–C–N with tert-alkyl or cyclic N) is 1. The summed E-state index contributed by atoms with van der Waals surface area (Å²) in [6.07, 6.45) is -1.07. The monoisotopic (exact) mass is 378 g/mol. The molecule has 7 heteroatoms. The largest absolute Gasteiger partial charge is 0.386 e. The Balaban J connectivity index is 1.84. The van der Waals surface area contributed by atoms with Crippen molar-refractivity contribution in [1.82, 2.24) is 10.2 Å². The van der Waals surface area contributed by atoms with Gasteiger partial charge in [-0.2, -0.15) is 0 Å². The van der Waals surface area contributed by atoms with Gasteiger partial charge in [0.15, 0.2) is 0 Å². The molecular weight excluding hydrogens is 363 g/mol. The standard InChI is InChI=1S/C18H16Cl2N2O3/c1-18(11-6-8-12(19)9-7-11)16(24)22(17(25)21-18)10-15(23)13-4-2-3-5-14(13)20/h2-9,15,23H,10H2,1H3,(H,21,25). The van der Waals surface area contributed by atoms with Crippen LogP contribution in [0.5, 0.6) is 0 Å². The minimum atomic E-state index is -1.21. The first kappa shape index (κ1) is 17.7. The van der Waals surface area contributed by atoms with Crippen molar-refractivity contribution in [3.63, 3.8) is 0 Å². The molecule has 0 saturated carbocycles. The number of imide groups is 1. The third kappa shape index (κ3) is 3.23. The summed E-state index contributed by atoms with van der Waals surface area (Å²) >= 11 is 11.9. The zero-order valence-electron chi connectivity index (χ0n) is 13.4. The third-order valence-electron chi connectivity index (χ3n) is 4.32. The summed E-state index contributed by atoms with van der Waals surface area (Å²) in [5.41, 5.74) is -0.128. The first-order chi connectivity index (χ1) is 11.8.